The molecule has 8 atom stereocenters. The smallest absolute Gasteiger partial charge is 0.159 e. The Morgan fingerprint density at radius 3 is 2.31 bits per heavy atom. The molecule has 4 aliphatic rings. The summed E-state index contributed by atoms with van der Waals surface area (Å²) in [5, 5.41) is 0. The molecular weight excluding hydrogens is 388 g/mol. The third kappa shape index (κ3) is 3.41. The van der Waals surface area contributed by atoms with Crippen LogP contribution in [-0.2, 0) is 4.79 Å². The Bertz CT molecular complexity index is 773. The number of carbonyl (C=O) groups is 1. The van der Waals surface area contributed by atoms with E-state index in [9.17, 15) is 4.79 Å². The van der Waals surface area contributed by atoms with Crippen LogP contribution >= 0.6 is 0 Å². The first kappa shape index (κ1) is 24.5. The molecular formula is C31H52O. The van der Waals surface area contributed by atoms with Gasteiger partial charge >= 0.3 is 0 Å². The lowest BCUT2D eigenvalue weighted by Gasteiger charge is -2.62. The lowest BCUT2D eigenvalue weighted by molar-refractivity contribution is -0.132. The molecule has 0 heterocycles. The number of rotatable bonds is 5. The molecule has 1 nitrogen and oxygen atoms in total. The highest BCUT2D eigenvalue weighted by molar-refractivity contribution is 5.94. The maximum atomic E-state index is 13.5. The summed E-state index contributed by atoms with van der Waals surface area (Å²) in [4.78, 5) is 13.5. The third-order valence-electron chi connectivity index (χ3n) is 12.3. The summed E-state index contributed by atoms with van der Waals surface area (Å²) >= 11 is 0. The van der Waals surface area contributed by atoms with Crippen molar-refractivity contribution in [2.45, 2.75) is 120 Å². The standard InChI is InChI=1S/C31H52O/c1-20(2)10-11-22(4)28(5,6)27-14-17-30(8)24-19-26(32)25-18-21(3)12-15-29(25,7)23(24)13-16-31(27,30)9/h19-23,25,27H,10-18H2,1-9H3/t21-,22+,23?,25+,27+,29+,30-,31+/m0/s1. The van der Waals surface area contributed by atoms with Crippen molar-refractivity contribution in [3.05, 3.63) is 11.6 Å². The van der Waals surface area contributed by atoms with Crippen LogP contribution < -0.4 is 0 Å². The predicted molar refractivity (Wildman–Crippen MR) is 136 cm³/mol. The van der Waals surface area contributed by atoms with Gasteiger partial charge < -0.3 is 0 Å². The minimum absolute atomic E-state index is 0.197. The topological polar surface area (TPSA) is 17.1 Å². The molecule has 0 spiro atoms. The first-order valence-electron chi connectivity index (χ1n) is 14.0. The maximum Gasteiger partial charge on any atom is 0.159 e. The molecule has 1 unspecified atom stereocenters. The molecule has 0 aromatic carbocycles. The van der Waals surface area contributed by atoms with Crippen LogP contribution in [0.2, 0.25) is 0 Å². The van der Waals surface area contributed by atoms with Crippen LogP contribution in [0.4, 0.5) is 0 Å². The Hall–Kier alpha value is -0.590. The first-order valence-corrected chi connectivity index (χ1v) is 14.0. The summed E-state index contributed by atoms with van der Waals surface area (Å²) in [6.07, 6.45) is 13.8. The molecule has 4 rings (SSSR count). The minimum Gasteiger partial charge on any atom is -0.295 e. The monoisotopic (exact) mass is 440 g/mol. The zero-order valence-corrected chi connectivity index (χ0v) is 22.8. The Labute approximate surface area is 199 Å². The summed E-state index contributed by atoms with van der Waals surface area (Å²) in [6, 6.07) is 0. The predicted octanol–water partition coefficient (Wildman–Crippen LogP) is 8.87. The molecule has 3 saturated carbocycles. The van der Waals surface area contributed by atoms with Crippen LogP contribution in [0, 0.1) is 57.2 Å². The Balaban J connectivity index is 1.67. The van der Waals surface area contributed by atoms with Crippen molar-refractivity contribution in [3.63, 3.8) is 0 Å². The van der Waals surface area contributed by atoms with E-state index in [2.05, 4.69) is 68.4 Å². The fraction of sp³-hybridized carbons (Fsp3) is 0.903. The van der Waals surface area contributed by atoms with Gasteiger partial charge in [-0.05, 0) is 102 Å². The molecule has 0 aromatic rings. The van der Waals surface area contributed by atoms with E-state index in [1.165, 1.54) is 51.4 Å². The van der Waals surface area contributed by atoms with Gasteiger partial charge in [-0.1, -0.05) is 80.7 Å². The molecule has 0 aromatic heterocycles. The van der Waals surface area contributed by atoms with Gasteiger partial charge in [0.05, 0.1) is 0 Å². The van der Waals surface area contributed by atoms with E-state index in [1.807, 2.05) is 0 Å². The second-order valence-electron chi connectivity index (χ2n) is 14.6. The molecule has 3 fully saturated rings. The molecule has 32 heavy (non-hydrogen) atoms. The second kappa shape index (κ2) is 7.98. The minimum atomic E-state index is 0.197. The summed E-state index contributed by atoms with van der Waals surface area (Å²) in [5.41, 5.74) is 2.65. The van der Waals surface area contributed by atoms with E-state index < -0.39 is 0 Å². The van der Waals surface area contributed by atoms with Crippen LogP contribution in [0.15, 0.2) is 11.6 Å². The quantitative estimate of drug-likeness (QED) is 0.417. The SMILES string of the molecule is CC(C)CC[C@@H](C)C(C)(C)[C@H]1CC[C@@]2(C)C3=CC(=O)[C@H]4C[C@@H](C)CC[C@]4(C)C3CC[C@]12C. The van der Waals surface area contributed by atoms with Crippen LogP contribution in [0.3, 0.4) is 0 Å². The lowest BCUT2D eigenvalue weighted by Crippen LogP contribution is -2.56. The van der Waals surface area contributed by atoms with Gasteiger partial charge in [0, 0.05) is 5.92 Å². The molecule has 0 saturated heterocycles. The average molecular weight is 441 g/mol. The lowest BCUT2D eigenvalue weighted by atomic mass is 9.42. The normalized spacial score (nSPS) is 45.2. The van der Waals surface area contributed by atoms with Gasteiger partial charge in [-0.15, -0.1) is 0 Å². The largest absolute Gasteiger partial charge is 0.295 e. The Morgan fingerprint density at radius 1 is 0.969 bits per heavy atom. The zero-order valence-electron chi connectivity index (χ0n) is 22.8. The highest BCUT2D eigenvalue weighted by Crippen LogP contribution is 2.73. The van der Waals surface area contributed by atoms with Gasteiger partial charge in [0.1, 0.15) is 0 Å². The van der Waals surface area contributed by atoms with Crippen LogP contribution in [0.1, 0.15) is 120 Å². The fourth-order valence-electron chi connectivity index (χ4n) is 9.40. The van der Waals surface area contributed by atoms with Gasteiger partial charge in [-0.3, -0.25) is 4.79 Å². The molecule has 0 amide bonds. The number of carbonyl (C=O) groups excluding carboxylic acids is 1. The Morgan fingerprint density at radius 2 is 1.66 bits per heavy atom. The van der Waals surface area contributed by atoms with Crippen LogP contribution in [0.5, 0.6) is 0 Å². The maximum absolute atomic E-state index is 13.5. The van der Waals surface area contributed by atoms with Crippen molar-refractivity contribution < 1.29 is 4.79 Å². The van der Waals surface area contributed by atoms with E-state index in [0.717, 1.165) is 24.2 Å². The zero-order chi connectivity index (χ0) is 23.7. The first-order chi connectivity index (χ1) is 14.8. The average Bonchev–Trinajstić information content (AvgIpc) is 3.00. The molecule has 182 valence electrons. The summed E-state index contributed by atoms with van der Waals surface area (Å²) in [5.74, 6) is 4.38. The van der Waals surface area contributed by atoms with Crippen molar-refractivity contribution in [1.29, 1.82) is 0 Å². The van der Waals surface area contributed by atoms with E-state index in [-0.39, 0.29) is 16.7 Å². The summed E-state index contributed by atoms with van der Waals surface area (Å²) in [7, 11) is 0. The van der Waals surface area contributed by atoms with Crippen LogP contribution in [0.25, 0.3) is 0 Å². The second-order valence-corrected chi connectivity index (χ2v) is 14.6. The molecule has 1 heteroatoms. The van der Waals surface area contributed by atoms with Crippen molar-refractivity contribution in [3.8, 4) is 0 Å². The van der Waals surface area contributed by atoms with Crippen molar-refractivity contribution >= 4 is 5.78 Å². The van der Waals surface area contributed by atoms with Crippen molar-refractivity contribution in [2.75, 3.05) is 0 Å². The molecule has 0 aliphatic heterocycles. The highest BCUT2D eigenvalue weighted by Gasteiger charge is 2.66. The van der Waals surface area contributed by atoms with E-state index in [1.54, 1.807) is 5.57 Å². The van der Waals surface area contributed by atoms with Crippen molar-refractivity contribution in [2.24, 2.45) is 57.2 Å². The molecule has 0 bridgehead atoms. The number of fused-ring (bicyclic) bond motifs is 5. The van der Waals surface area contributed by atoms with Crippen molar-refractivity contribution in [1.82, 2.24) is 0 Å². The van der Waals surface area contributed by atoms with E-state index in [4.69, 9.17) is 0 Å². The molecule has 0 N–H and O–H groups in total. The Kier molecular flexibility index (Phi) is 6.12. The number of ketones is 1. The van der Waals surface area contributed by atoms with E-state index in [0.29, 0.717) is 28.4 Å². The number of hydrogen-bond donors (Lipinski definition) is 0. The summed E-state index contributed by atoms with van der Waals surface area (Å²) in [6.45, 7) is 22.4. The van der Waals surface area contributed by atoms with Gasteiger partial charge in [-0.25, -0.2) is 0 Å². The molecule has 0 radical (unpaired) electrons. The van der Waals surface area contributed by atoms with Gasteiger partial charge in [0.25, 0.3) is 0 Å². The third-order valence-corrected chi connectivity index (χ3v) is 12.3. The fourth-order valence-corrected chi connectivity index (χ4v) is 9.40. The number of hydrogen-bond acceptors (Lipinski definition) is 1. The van der Waals surface area contributed by atoms with Gasteiger partial charge in [0.15, 0.2) is 5.78 Å². The molecule has 4 aliphatic carbocycles. The highest BCUT2D eigenvalue weighted by atomic mass is 16.1. The van der Waals surface area contributed by atoms with Gasteiger partial charge in [-0.2, -0.15) is 0 Å². The van der Waals surface area contributed by atoms with Gasteiger partial charge in [0.2, 0.25) is 0 Å². The summed E-state index contributed by atoms with van der Waals surface area (Å²) < 4.78 is 0. The van der Waals surface area contributed by atoms with E-state index >= 15 is 0 Å². The number of allylic oxidation sites excluding steroid dienone is 2. The van der Waals surface area contributed by atoms with Crippen LogP contribution in [-0.4, -0.2) is 5.78 Å².